The zero-order valence-corrected chi connectivity index (χ0v) is 14.8. The molecule has 0 bridgehead atoms. The van der Waals surface area contributed by atoms with Gasteiger partial charge in [-0.1, -0.05) is 12.1 Å². The first-order valence-corrected chi connectivity index (χ1v) is 8.72. The smallest absolute Gasteiger partial charge is 0.307 e. The number of rotatable bonds is 6. The highest BCUT2D eigenvalue weighted by Crippen LogP contribution is 2.32. The summed E-state index contributed by atoms with van der Waals surface area (Å²) in [6.07, 6.45) is 3.29. The third-order valence-corrected chi connectivity index (χ3v) is 4.38. The van der Waals surface area contributed by atoms with Crippen molar-refractivity contribution in [1.29, 1.82) is 0 Å². The first-order chi connectivity index (χ1) is 13.6. The van der Waals surface area contributed by atoms with Crippen molar-refractivity contribution in [2.24, 2.45) is 0 Å². The summed E-state index contributed by atoms with van der Waals surface area (Å²) in [5.74, 6) is -0.811. The van der Waals surface area contributed by atoms with E-state index >= 15 is 0 Å². The van der Waals surface area contributed by atoms with Gasteiger partial charge in [0.1, 0.15) is 17.3 Å². The molecule has 0 saturated heterocycles. The van der Waals surface area contributed by atoms with E-state index < -0.39 is 11.8 Å². The Balaban J connectivity index is 1.74. The van der Waals surface area contributed by atoms with E-state index in [1.54, 1.807) is 24.5 Å². The number of aromatic nitrogens is 3. The Kier molecular flexibility index (Phi) is 4.72. The van der Waals surface area contributed by atoms with Crippen molar-refractivity contribution in [2.75, 3.05) is 5.32 Å². The highest BCUT2D eigenvalue weighted by Gasteiger charge is 2.14. The van der Waals surface area contributed by atoms with Crippen LogP contribution >= 0.6 is 0 Å². The van der Waals surface area contributed by atoms with Crippen LogP contribution < -0.4 is 5.32 Å². The summed E-state index contributed by atoms with van der Waals surface area (Å²) in [5.41, 5.74) is 2.98. The van der Waals surface area contributed by atoms with Gasteiger partial charge in [0.2, 0.25) is 0 Å². The molecule has 0 aliphatic carbocycles. The van der Waals surface area contributed by atoms with E-state index in [2.05, 4.69) is 20.3 Å². The molecule has 0 atom stereocenters. The Labute approximate surface area is 160 Å². The third-order valence-electron chi connectivity index (χ3n) is 4.38. The molecule has 28 heavy (non-hydrogen) atoms. The number of anilines is 1. The quantitative estimate of drug-likeness (QED) is 0.473. The van der Waals surface area contributed by atoms with Crippen LogP contribution in [0.5, 0.6) is 0 Å². The molecule has 7 heteroatoms. The minimum atomic E-state index is -0.961. The van der Waals surface area contributed by atoms with E-state index in [9.17, 15) is 9.18 Å². The van der Waals surface area contributed by atoms with Gasteiger partial charge >= 0.3 is 5.97 Å². The van der Waals surface area contributed by atoms with Gasteiger partial charge in [0.15, 0.2) is 0 Å². The monoisotopic (exact) mass is 376 g/mol. The number of hydrogen-bond acceptors (Lipinski definition) is 4. The molecule has 0 saturated carbocycles. The van der Waals surface area contributed by atoms with Crippen LogP contribution in [0, 0.1) is 5.82 Å². The molecule has 6 nitrogen and oxygen atoms in total. The Morgan fingerprint density at radius 1 is 1.14 bits per heavy atom. The van der Waals surface area contributed by atoms with Crippen molar-refractivity contribution in [1.82, 2.24) is 15.0 Å². The number of H-pyrrole nitrogens is 1. The predicted octanol–water partition coefficient (Wildman–Crippen LogP) is 4.00. The molecule has 4 rings (SSSR count). The molecule has 0 unspecified atom stereocenters. The number of nitrogens with one attached hydrogen (secondary N) is 2. The van der Waals surface area contributed by atoms with Gasteiger partial charge < -0.3 is 15.4 Å². The van der Waals surface area contributed by atoms with E-state index in [1.165, 1.54) is 12.1 Å². The molecular weight excluding hydrogens is 359 g/mol. The second-order valence-electron chi connectivity index (χ2n) is 6.35. The zero-order chi connectivity index (χ0) is 19.5. The molecule has 140 valence electrons. The minimum Gasteiger partial charge on any atom is -0.481 e. The first-order valence-electron chi connectivity index (χ1n) is 8.72. The number of halogens is 1. The van der Waals surface area contributed by atoms with E-state index in [1.807, 2.05) is 24.3 Å². The Morgan fingerprint density at radius 3 is 2.82 bits per heavy atom. The van der Waals surface area contributed by atoms with Crippen LogP contribution in [0.1, 0.15) is 11.3 Å². The lowest BCUT2D eigenvalue weighted by Gasteiger charge is -2.11. The Hall–Kier alpha value is -3.74. The van der Waals surface area contributed by atoms with Crippen LogP contribution in [-0.2, 0) is 17.8 Å². The fourth-order valence-corrected chi connectivity index (χ4v) is 3.10. The molecule has 3 heterocycles. The zero-order valence-electron chi connectivity index (χ0n) is 14.8. The molecule has 0 aliphatic heterocycles. The van der Waals surface area contributed by atoms with Crippen LogP contribution in [0.2, 0.25) is 0 Å². The topological polar surface area (TPSA) is 90.9 Å². The third kappa shape index (κ3) is 3.68. The van der Waals surface area contributed by atoms with Crippen molar-refractivity contribution in [3.05, 3.63) is 78.0 Å². The minimum absolute atomic E-state index is 0.167. The maximum Gasteiger partial charge on any atom is 0.307 e. The van der Waals surface area contributed by atoms with Gasteiger partial charge in [-0.05, 0) is 47.5 Å². The number of aromatic amines is 1. The van der Waals surface area contributed by atoms with Crippen molar-refractivity contribution in [2.45, 2.75) is 13.0 Å². The number of nitrogens with zero attached hydrogens (tertiary/aromatic N) is 2. The molecule has 4 aromatic rings. The second-order valence-corrected chi connectivity index (χ2v) is 6.35. The normalized spacial score (nSPS) is 10.9. The summed E-state index contributed by atoms with van der Waals surface area (Å²) in [4.78, 5) is 22.9. The fourth-order valence-electron chi connectivity index (χ4n) is 3.10. The first kappa shape index (κ1) is 17.7. The predicted molar refractivity (Wildman–Crippen MR) is 104 cm³/mol. The molecule has 1 aromatic carbocycles. The number of aliphatic carboxylic acids is 1. The maximum absolute atomic E-state index is 14.6. The van der Waals surface area contributed by atoms with Crippen molar-refractivity contribution in [3.63, 3.8) is 0 Å². The largest absolute Gasteiger partial charge is 0.481 e. The molecule has 0 fully saturated rings. The lowest BCUT2D eigenvalue weighted by atomic mass is 9.99. The number of pyridine rings is 2. The summed E-state index contributed by atoms with van der Waals surface area (Å²) in [5, 5.41) is 13.0. The van der Waals surface area contributed by atoms with Gasteiger partial charge in [0.05, 0.1) is 18.7 Å². The number of fused-ring (bicyclic) bond motifs is 1. The average molecular weight is 376 g/mol. The van der Waals surface area contributed by atoms with Gasteiger partial charge in [-0.2, -0.15) is 0 Å². The average Bonchev–Trinajstić information content (AvgIpc) is 3.16. The summed E-state index contributed by atoms with van der Waals surface area (Å²) in [6, 6.07) is 13.6. The summed E-state index contributed by atoms with van der Waals surface area (Å²) in [6.45, 7) is 0.473. The SMILES string of the molecule is O=C(O)Cc1ccc(F)c(-c2cc(NCc3ccccn3)nc3[nH]ccc23)c1. The Bertz CT molecular complexity index is 1140. The number of hydrogen-bond donors (Lipinski definition) is 3. The Morgan fingerprint density at radius 2 is 2.04 bits per heavy atom. The van der Waals surface area contributed by atoms with Crippen molar-refractivity contribution >= 4 is 22.8 Å². The summed E-state index contributed by atoms with van der Waals surface area (Å²) < 4.78 is 14.6. The van der Waals surface area contributed by atoms with Crippen LogP contribution in [-0.4, -0.2) is 26.0 Å². The van der Waals surface area contributed by atoms with Gasteiger partial charge in [0.25, 0.3) is 0 Å². The van der Waals surface area contributed by atoms with Crippen LogP contribution in [0.4, 0.5) is 10.2 Å². The highest BCUT2D eigenvalue weighted by molar-refractivity contribution is 5.95. The number of benzene rings is 1. The molecule has 3 N–H and O–H groups in total. The lowest BCUT2D eigenvalue weighted by molar-refractivity contribution is -0.136. The molecule has 0 radical (unpaired) electrons. The van der Waals surface area contributed by atoms with Gasteiger partial charge in [-0.3, -0.25) is 9.78 Å². The maximum atomic E-state index is 14.6. The lowest BCUT2D eigenvalue weighted by Crippen LogP contribution is -2.04. The molecule has 3 aromatic heterocycles. The number of carboxylic acids is 1. The molecular formula is C21H17FN4O2. The van der Waals surface area contributed by atoms with Crippen LogP contribution in [0.25, 0.3) is 22.2 Å². The number of carbonyl (C=O) groups is 1. The van der Waals surface area contributed by atoms with E-state index in [0.717, 1.165) is 11.1 Å². The van der Waals surface area contributed by atoms with Crippen LogP contribution in [0.15, 0.2) is 60.9 Å². The summed E-state index contributed by atoms with van der Waals surface area (Å²) in [7, 11) is 0. The van der Waals surface area contributed by atoms with Gasteiger partial charge in [-0.25, -0.2) is 9.37 Å². The molecule has 0 aliphatic rings. The van der Waals surface area contributed by atoms with Crippen molar-refractivity contribution in [3.8, 4) is 11.1 Å². The van der Waals surface area contributed by atoms with E-state index in [0.29, 0.717) is 34.7 Å². The highest BCUT2D eigenvalue weighted by atomic mass is 19.1. The van der Waals surface area contributed by atoms with Crippen molar-refractivity contribution < 1.29 is 14.3 Å². The molecule has 0 spiro atoms. The fraction of sp³-hybridized carbons (Fsp3) is 0.0952. The summed E-state index contributed by atoms with van der Waals surface area (Å²) >= 11 is 0. The van der Waals surface area contributed by atoms with Crippen LogP contribution in [0.3, 0.4) is 0 Å². The van der Waals surface area contributed by atoms with E-state index in [-0.39, 0.29) is 6.42 Å². The second kappa shape index (κ2) is 7.48. The van der Waals surface area contributed by atoms with Gasteiger partial charge in [-0.15, -0.1) is 0 Å². The standard InChI is InChI=1S/C21H17FN4O2/c22-18-5-4-13(10-20(27)28)9-17(18)16-11-19(26-21-15(16)6-8-24-21)25-12-14-3-1-2-7-23-14/h1-9,11H,10,12H2,(H,27,28)(H2,24,25,26). The van der Waals surface area contributed by atoms with Gasteiger partial charge in [0, 0.05) is 23.3 Å². The number of carboxylic acid groups (broad SMARTS) is 1. The van der Waals surface area contributed by atoms with E-state index in [4.69, 9.17) is 5.11 Å². The molecule has 0 amide bonds.